The van der Waals surface area contributed by atoms with Gasteiger partial charge in [-0.2, -0.15) is 0 Å². The van der Waals surface area contributed by atoms with E-state index in [1.54, 1.807) is 39.0 Å². The predicted octanol–water partition coefficient (Wildman–Crippen LogP) is 1.89. The number of sulfonamides is 1. The molecule has 0 saturated carbocycles. The minimum absolute atomic E-state index is 0.119. The Morgan fingerprint density at radius 1 is 1.06 bits per heavy atom. The second-order valence-corrected chi connectivity index (χ2v) is 9.28. The third-order valence-corrected chi connectivity index (χ3v) is 5.66. The fourth-order valence-electron chi connectivity index (χ4n) is 2.92. The third-order valence-electron chi connectivity index (χ3n) is 4.61. The fraction of sp³-hybridized carbons (Fsp3) is 0.318. The zero-order chi connectivity index (χ0) is 24.1. The quantitative estimate of drug-likeness (QED) is 0.512. The highest BCUT2D eigenvalue weighted by Crippen LogP contribution is 2.19. The highest BCUT2D eigenvalue weighted by molar-refractivity contribution is 7.89. The Kier molecular flexibility index (Phi) is 8.12. The number of carbonyl (C=O) groups excluding carboxylic acids is 3. The number of amides is 2. The van der Waals surface area contributed by atoms with Crippen LogP contribution in [-0.2, 0) is 24.3 Å². The Hall–Kier alpha value is -3.24. The van der Waals surface area contributed by atoms with Gasteiger partial charge in [-0.3, -0.25) is 9.59 Å². The highest BCUT2D eigenvalue weighted by atomic mass is 32.2. The maximum atomic E-state index is 12.5. The minimum Gasteiger partial charge on any atom is -0.454 e. The van der Waals surface area contributed by atoms with E-state index < -0.39 is 40.5 Å². The summed E-state index contributed by atoms with van der Waals surface area (Å²) in [7, 11) is -3.95. The molecule has 2 aromatic rings. The van der Waals surface area contributed by atoms with E-state index in [0.717, 1.165) is 5.56 Å². The molecule has 4 N–H and O–H groups in total. The number of benzene rings is 2. The fourth-order valence-corrected chi connectivity index (χ4v) is 3.72. The van der Waals surface area contributed by atoms with Crippen LogP contribution in [0.1, 0.15) is 35.3 Å². The third kappa shape index (κ3) is 6.89. The summed E-state index contributed by atoms with van der Waals surface area (Å²) >= 11 is 0. The smallest absolute Gasteiger partial charge is 0.329 e. The highest BCUT2D eigenvalue weighted by Gasteiger charge is 2.27. The summed E-state index contributed by atoms with van der Waals surface area (Å²) < 4.78 is 28.3. The number of hydrogen-bond acceptors (Lipinski definition) is 6. The van der Waals surface area contributed by atoms with Gasteiger partial charge in [-0.15, -0.1) is 0 Å². The van der Waals surface area contributed by atoms with Gasteiger partial charge in [-0.1, -0.05) is 37.6 Å². The number of aryl methyl sites for hydroxylation is 2. The van der Waals surface area contributed by atoms with E-state index in [1.165, 1.54) is 18.2 Å². The van der Waals surface area contributed by atoms with Crippen LogP contribution in [0, 0.1) is 19.8 Å². The average molecular weight is 462 g/mol. The van der Waals surface area contributed by atoms with Crippen molar-refractivity contribution in [2.24, 2.45) is 11.1 Å². The zero-order valence-corrected chi connectivity index (χ0v) is 19.2. The number of anilines is 1. The molecular formula is C22H27N3O6S. The molecule has 0 aromatic heterocycles. The van der Waals surface area contributed by atoms with Gasteiger partial charge in [0.25, 0.3) is 11.8 Å². The number of nitrogens with one attached hydrogen (secondary N) is 2. The second-order valence-electron chi connectivity index (χ2n) is 7.75. The van der Waals surface area contributed by atoms with E-state index in [4.69, 9.17) is 9.88 Å². The number of esters is 1. The van der Waals surface area contributed by atoms with Gasteiger partial charge < -0.3 is 15.4 Å². The number of primary sulfonamides is 1. The van der Waals surface area contributed by atoms with E-state index in [1.807, 2.05) is 13.0 Å². The predicted molar refractivity (Wildman–Crippen MR) is 119 cm³/mol. The van der Waals surface area contributed by atoms with Crippen LogP contribution in [-0.4, -0.2) is 38.9 Å². The van der Waals surface area contributed by atoms with E-state index in [2.05, 4.69) is 10.6 Å². The van der Waals surface area contributed by atoms with Crippen molar-refractivity contribution >= 4 is 33.5 Å². The van der Waals surface area contributed by atoms with Gasteiger partial charge in [-0.05, 0) is 49.6 Å². The topological polar surface area (TPSA) is 145 Å². The van der Waals surface area contributed by atoms with Gasteiger partial charge in [-0.25, -0.2) is 18.4 Å². The molecule has 0 spiro atoms. The lowest BCUT2D eigenvalue weighted by molar-refractivity contribution is -0.150. The van der Waals surface area contributed by atoms with E-state index in [9.17, 15) is 22.8 Å². The van der Waals surface area contributed by atoms with Crippen molar-refractivity contribution in [2.75, 3.05) is 11.9 Å². The summed E-state index contributed by atoms with van der Waals surface area (Å²) in [5.41, 5.74) is 1.93. The van der Waals surface area contributed by atoms with Crippen molar-refractivity contribution in [1.29, 1.82) is 0 Å². The Morgan fingerprint density at radius 3 is 2.34 bits per heavy atom. The largest absolute Gasteiger partial charge is 0.454 e. The van der Waals surface area contributed by atoms with Crippen LogP contribution in [0.2, 0.25) is 0 Å². The first-order chi connectivity index (χ1) is 14.9. The molecule has 1 atom stereocenters. The number of rotatable bonds is 8. The van der Waals surface area contributed by atoms with E-state index in [-0.39, 0.29) is 16.5 Å². The molecule has 2 aromatic carbocycles. The Bertz CT molecular complexity index is 1130. The van der Waals surface area contributed by atoms with Crippen molar-refractivity contribution in [2.45, 2.75) is 38.6 Å². The molecule has 2 rings (SSSR count). The monoisotopic (exact) mass is 461 g/mol. The first-order valence-corrected chi connectivity index (χ1v) is 11.4. The van der Waals surface area contributed by atoms with Crippen LogP contribution in [0.3, 0.4) is 0 Å². The van der Waals surface area contributed by atoms with Gasteiger partial charge in [0.05, 0.1) is 4.90 Å². The maximum absolute atomic E-state index is 12.5. The first kappa shape index (κ1) is 25.0. The molecular weight excluding hydrogens is 434 g/mol. The first-order valence-electron chi connectivity index (χ1n) is 9.86. The van der Waals surface area contributed by atoms with Crippen LogP contribution in [0.5, 0.6) is 0 Å². The lowest BCUT2D eigenvalue weighted by Gasteiger charge is -2.21. The summed E-state index contributed by atoms with van der Waals surface area (Å²) in [5, 5.41) is 10.3. The molecule has 0 heterocycles. The van der Waals surface area contributed by atoms with Gasteiger partial charge in [0.15, 0.2) is 6.61 Å². The van der Waals surface area contributed by atoms with Crippen molar-refractivity contribution in [3.05, 3.63) is 59.2 Å². The Labute approximate surface area is 187 Å². The lowest BCUT2D eigenvalue weighted by atomic mass is 10.0. The molecule has 0 radical (unpaired) electrons. The molecule has 0 saturated heterocycles. The van der Waals surface area contributed by atoms with Crippen LogP contribution in [0.4, 0.5) is 5.69 Å². The maximum Gasteiger partial charge on any atom is 0.329 e. The molecule has 0 unspecified atom stereocenters. The SMILES string of the molecule is Cc1cccc(C(=O)N[C@H](C(=O)OCC(=O)Nc2ccc(C)c(S(N)(=O)=O)c2)C(C)C)c1. The molecule has 172 valence electrons. The van der Waals surface area contributed by atoms with Gasteiger partial charge in [0.2, 0.25) is 10.0 Å². The number of carbonyl (C=O) groups is 3. The van der Waals surface area contributed by atoms with Crippen molar-refractivity contribution in [3.63, 3.8) is 0 Å². The number of hydrogen-bond donors (Lipinski definition) is 3. The summed E-state index contributed by atoms with van der Waals surface area (Å²) in [4.78, 5) is 37.0. The molecule has 0 aliphatic rings. The molecule has 0 aliphatic carbocycles. The second kappa shape index (κ2) is 10.4. The van der Waals surface area contributed by atoms with Crippen molar-refractivity contribution in [1.82, 2.24) is 5.32 Å². The van der Waals surface area contributed by atoms with Crippen LogP contribution < -0.4 is 15.8 Å². The van der Waals surface area contributed by atoms with E-state index >= 15 is 0 Å². The van der Waals surface area contributed by atoms with Gasteiger partial charge in [0.1, 0.15) is 6.04 Å². The minimum atomic E-state index is -3.95. The van der Waals surface area contributed by atoms with Crippen LogP contribution in [0.25, 0.3) is 0 Å². The van der Waals surface area contributed by atoms with Gasteiger partial charge in [0, 0.05) is 11.3 Å². The Morgan fingerprint density at radius 2 is 1.75 bits per heavy atom. The Balaban J connectivity index is 2.00. The van der Waals surface area contributed by atoms with Crippen LogP contribution >= 0.6 is 0 Å². The molecule has 32 heavy (non-hydrogen) atoms. The molecule has 0 bridgehead atoms. The number of ether oxygens (including phenoxy) is 1. The lowest BCUT2D eigenvalue weighted by Crippen LogP contribution is -2.46. The van der Waals surface area contributed by atoms with E-state index in [0.29, 0.717) is 11.1 Å². The summed E-state index contributed by atoms with van der Waals surface area (Å²) in [6.45, 7) is 6.29. The molecule has 9 nitrogen and oxygen atoms in total. The molecule has 0 aliphatic heterocycles. The van der Waals surface area contributed by atoms with Gasteiger partial charge >= 0.3 is 5.97 Å². The molecule has 2 amide bonds. The number of nitrogens with two attached hydrogens (primary N) is 1. The standard InChI is InChI=1S/C22H27N3O6S/c1-13(2)20(25-21(27)16-7-5-6-14(3)10-16)22(28)31-12-19(26)24-17-9-8-15(4)18(11-17)32(23,29)30/h5-11,13,20H,12H2,1-4H3,(H,24,26)(H,25,27)(H2,23,29,30)/t20-/m0/s1. The zero-order valence-electron chi connectivity index (χ0n) is 18.3. The van der Waals surface area contributed by atoms with Crippen molar-refractivity contribution < 1.29 is 27.5 Å². The average Bonchev–Trinajstić information content (AvgIpc) is 2.70. The molecule has 10 heteroatoms. The molecule has 0 fully saturated rings. The normalized spacial score (nSPS) is 12.2. The summed E-state index contributed by atoms with van der Waals surface area (Å²) in [6, 6.07) is 10.2. The summed E-state index contributed by atoms with van der Waals surface area (Å²) in [6.07, 6.45) is 0. The van der Waals surface area contributed by atoms with Crippen LogP contribution in [0.15, 0.2) is 47.4 Å². The summed E-state index contributed by atoms with van der Waals surface area (Å²) in [5.74, 6) is -2.14. The van der Waals surface area contributed by atoms with Crippen molar-refractivity contribution in [3.8, 4) is 0 Å².